The smallest absolute Gasteiger partial charge is 0.363 e. The fraction of sp³-hybridized carbons (Fsp3) is 0.0833. The Balaban J connectivity index is 1.45. The SMILES string of the molecule is Cc1cccc(COc2ccc(/C=C3\N=C(c4ccc(I)cc4)OC3=O)cc2)c1. The van der Waals surface area contributed by atoms with Crippen LogP contribution in [0.5, 0.6) is 5.75 Å². The molecule has 5 heteroatoms. The third-order valence-corrected chi connectivity index (χ3v) is 5.10. The Kier molecular flexibility index (Phi) is 5.76. The highest BCUT2D eigenvalue weighted by atomic mass is 127. The van der Waals surface area contributed by atoms with Crippen LogP contribution in [0.2, 0.25) is 0 Å². The molecule has 0 aromatic heterocycles. The average molecular weight is 495 g/mol. The Labute approximate surface area is 183 Å². The number of hydrogen-bond acceptors (Lipinski definition) is 4. The third kappa shape index (κ3) is 4.92. The summed E-state index contributed by atoms with van der Waals surface area (Å²) in [4.78, 5) is 16.5. The first-order valence-electron chi connectivity index (χ1n) is 9.14. The Hall–Kier alpha value is -2.93. The molecular formula is C24H18INO3. The first-order chi connectivity index (χ1) is 14.1. The zero-order valence-corrected chi connectivity index (χ0v) is 17.9. The summed E-state index contributed by atoms with van der Waals surface area (Å²) >= 11 is 2.23. The van der Waals surface area contributed by atoms with E-state index in [0.29, 0.717) is 12.5 Å². The number of aliphatic imine (C=N–C) groups is 1. The van der Waals surface area contributed by atoms with Crippen molar-refractivity contribution in [3.63, 3.8) is 0 Å². The number of carbonyl (C=O) groups is 1. The minimum absolute atomic E-state index is 0.284. The maximum absolute atomic E-state index is 12.2. The molecule has 3 aromatic rings. The van der Waals surface area contributed by atoms with Crippen molar-refractivity contribution < 1.29 is 14.3 Å². The van der Waals surface area contributed by atoms with Crippen LogP contribution < -0.4 is 4.74 Å². The van der Waals surface area contributed by atoms with Gasteiger partial charge in [0.15, 0.2) is 5.70 Å². The number of carbonyl (C=O) groups excluding carboxylic acids is 1. The maximum Gasteiger partial charge on any atom is 0.363 e. The number of ether oxygens (including phenoxy) is 2. The second-order valence-corrected chi connectivity index (χ2v) is 7.94. The molecule has 0 radical (unpaired) electrons. The van der Waals surface area contributed by atoms with Crippen LogP contribution in [0.4, 0.5) is 0 Å². The summed E-state index contributed by atoms with van der Waals surface area (Å²) in [7, 11) is 0. The van der Waals surface area contributed by atoms with Gasteiger partial charge in [-0.25, -0.2) is 9.79 Å². The minimum Gasteiger partial charge on any atom is -0.489 e. The molecule has 4 rings (SSSR count). The fourth-order valence-electron chi connectivity index (χ4n) is 2.91. The Morgan fingerprint density at radius 2 is 1.79 bits per heavy atom. The first kappa shape index (κ1) is 19.4. The molecule has 0 bridgehead atoms. The Morgan fingerprint density at radius 1 is 1.03 bits per heavy atom. The summed E-state index contributed by atoms with van der Waals surface area (Å²) in [5.74, 6) is 0.653. The van der Waals surface area contributed by atoms with Gasteiger partial charge in [-0.3, -0.25) is 0 Å². The predicted molar refractivity (Wildman–Crippen MR) is 122 cm³/mol. The van der Waals surface area contributed by atoms with Crippen LogP contribution in [-0.4, -0.2) is 11.9 Å². The molecule has 0 fully saturated rings. The maximum atomic E-state index is 12.2. The van der Waals surface area contributed by atoms with Gasteiger partial charge in [0.2, 0.25) is 5.90 Å². The van der Waals surface area contributed by atoms with Crippen molar-refractivity contribution >= 4 is 40.5 Å². The van der Waals surface area contributed by atoms with Crippen molar-refractivity contribution in [1.29, 1.82) is 0 Å². The standard InChI is InChI=1S/C24H18INO3/c1-16-3-2-4-18(13-16)15-28-21-11-5-17(6-12-21)14-22-24(27)29-23(26-22)19-7-9-20(25)10-8-19/h2-14H,15H2,1H3/b22-14-. The summed E-state index contributed by atoms with van der Waals surface area (Å²) in [5, 5.41) is 0. The lowest BCUT2D eigenvalue weighted by molar-refractivity contribution is -0.129. The van der Waals surface area contributed by atoms with Gasteiger partial charge in [0.05, 0.1) is 0 Å². The van der Waals surface area contributed by atoms with Crippen molar-refractivity contribution in [2.75, 3.05) is 0 Å². The number of rotatable bonds is 5. The van der Waals surface area contributed by atoms with Gasteiger partial charge in [-0.1, -0.05) is 42.0 Å². The van der Waals surface area contributed by atoms with Crippen LogP contribution in [0, 0.1) is 10.5 Å². The number of halogens is 1. The molecule has 0 saturated carbocycles. The topological polar surface area (TPSA) is 47.9 Å². The number of cyclic esters (lactones) is 1. The van der Waals surface area contributed by atoms with E-state index in [1.165, 1.54) is 5.56 Å². The number of benzene rings is 3. The van der Waals surface area contributed by atoms with Crippen LogP contribution in [0.25, 0.3) is 6.08 Å². The van der Waals surface area contributed by atoms with Gasteiger partial charge in [0, 0.05) is 9.13 Å². The quantitative estimate of drug-likeness (QED) is 0.266. The minimum atomic E-state index is -0.446. The first-order valence-corrected chi connectivity index (χ1v) is 10.2. The van der Waals surface area contributed by atoms with Gasteiger partial charge in [-0.05, 0) is 83.1 Å². The molecule has 1 aliphatic heterocycles. The number of hydrogen-bond donors (Lipinski definition) is 0. The normalized spacial score (nSPS) is 14.6. The van der Waals surface area contributed by atoms with E-state index >= 15 is 0 Å². The molecule has 0 aliphatic carbocycles. The fourth-order valence-corrected chi connectivity index (χ4v) is 3.27. The molecule has 0 N–H and O–H groups in total. The summed E-state index contributed by atoms with van der Waals surface area (Å²) in [6.45, 7) is 2.57. The van der Waals surface area contributed by atoms with E-state index < -0.39 is 5.97 Å². The Morgan fingerprint density at radius 3 is 2.52 bits per heavy atom. The lowest BCUT2D eigenvalue weighted by atomic mass is 10.1. The van der Waals surface area contributed by atoms with Crippen LogP contribution in [-0.2, 0) is 16.1 Å². The van der Waals surface area contributed by atoms with E-state index in [2.05, 4.69) is 46.6 Å². The third-order valence-electron chi connectivity index (χ3n) is 4.38. The second kappa shape index (κ2) is 8.61. The van der Waals surface area contributed by atoms with Gasteiger partial charge in [0.25, 0.3) is 0 Å². The Bertz CT molecular complexity index is 1100. The van der Waals surface area contributed by atoms with E-state index in [4.69, 9.17) is 9.47 Å². The van der Waals surface area contributed by atoms with E-state index in [1.54, 1.807) is 6.08 Å². The average Bonchev–Trinajstić information content (AvgIpc) is 3.08. The van der Waals surface area contributed by atoms with E-state index in [0.717, 1.165) is 26.0 Å². The lowest BCUT2D eigenvalue weighted by Crippen LogP contribution is -2.05. The zero-order valence-electron chi connectivity index (χ0n) is 15.8. The van der Waals surface area contributed by atoms with Gasteiger partial charge < -0.3 is 9.47 Å². The van der Waals surface area contributed by atoms with E-state index in [1.807, 2.05) is 60.7 Å². The largest absolute Gasteiger partial charge is 0.489 e. The number of aryl methyl sites for hydroxylation is 1. The molecule has 1 heterocycles. The summed E-state index contributed by atoms with van der Waals surface area (Å²) in [6, 6.07) is 23.4. The molecule has 29 heavy (non-hydrogen) atoms. The van der Waals surface area contributed by atoms with Gasteiger partial charge in [0.1, 0.15) is 12.4 Å². The molecule has 4 nitrogen and oxygen atoms in total. The predicted octanol–water partition coefficient (Wildman–Crippen LogP) is 5.52. The van der Waals surface area contributed by atoms with Crippen LogP contribution in [0.1, 0.15) is 22.3 Å². The summed E-state index contributed by atoms with van der Waals surface area (Å²) in [6.07, 6.45) is 1.71. The van der Waals surface area contributed by atoms with Crippen molar-refractivity contribution in [2.45, 2.75) is 13.5 Å². The summed E-state index contributed by atoms with van der Waals surface area (Å²) < 4.78 is 12.3. The molecule has 1 aliphatic rings. The molecule has 0 unspecified atom stereocenters. The molecular weight excluding hydrogens is 477 g/mol. The second-order valence-electron chi connectivity index (χ2n) is 6.69. The van der Waals surface area contributed by atoms with Crippen molar-refractivity contribution in [3.05, 3.63) is 104 Å². The highest BCUT2D eigenvalue weighted by Gasteiger charge is 2.24. The lowest BCUT2D eigenvalue weighted by Gasteiger charge is -2.07. The molecule has 0 spiro atoms. The van der Waals surface area contributed by atoms with E-state index in [9.17, 15) is 4.79 Å². The summed E-state index contributed by atoms with van der Waals surface area (Å²) in [5.41, 5.74) is 4.26. The number of esters is 1. The molecule has 0 amide bonds. The van der Waals surface area contributed by atoms with Crippen molar-refractivity contribution in [3.8, 4) is 5.75 Å². The van der Waals surface area contributed by atoms with Gasteiger partial charge in [-0.15, -0.1) is 0 Å². The van der Waals surface area contributed by atoms with Gasteiger partial charge in [-0.2, -0.15) is 0 Å². The van der Waals surface area contributed by atoms with Gasteiger partial charge >= 0.3 is 5.97 Å². The monoisotopic (exact) mass is 495 g/mol. The molecule has 144 valence electrons. The highest BCUT2D eigenvalue weighted by Crippen LogP contribution is 2.21. The zero-order chi connectivity index (χ0) is 20.2. The van der Waals surface area contributed by atoms with Crippen molar-refractivity contribution in [2.24, 2.45) is 4.99 Å². The highest BCUT2D eigenvalue weighted by molar-refractivity contribution is 14.1. The van der Waals surface area contributed by atoms with Crippen LogP contribution >= 0.6 is 22.6 Å². The van der Waals surface area contributed by atoms with Crippen molar-refractivity contribution in [1.82, 2.24) is 0 Å². The van der Waals surface area contributed by atoms with E-state index in [-0.39, 0.29) is 5.70 Å². The molecule has 3 aromatic carbocycles. The van der Waals surface area contributed by atoms with Crippen LogP contribution in [0.15, 0.2) is 83.5 Å². The molecule has 0 atom stereocenters. The van der Waals surface area contributed by atoms with Crippen LogP contribution in [0.3, 0.4) is 0 Å². The molecule has 0 saturated heterocycles. The number of nitrogens with zero attached hydrogens (tertiary/aromatic N) is 1.